The lowest BCUT2D eigenvalue weighted by molar-refractivity contribution is 0.0945. The minimum atomic E-state index is -0.0179. The fraction of sp³-hybridized carbons (Fsp3) is 0.385. The number of amides is 1. The molecule has 0 radical (unpaired) electrons. The number of rotatable bonds is 5. The Labute approximate surface area is 208 Å². The van der Waals surface area contributed by atoms with Gasteiger partial charge < -0.3 is 15.4 Å². The van der Waals surface area contributed by atoms with Crippen molar-refractivity contribution in [2.75, 3.05) is 18.9 Å². The Kier molecular flexibility index (Phi) is 6.06. The van der Waals surface area contributed by atoms with Gasteiger partial charge in [0.05, 0.1) is 11.2 Å². The second-order valence-electron chi connectivity index (χ2n) is 9.90. The highest BCUT2D eigenvalue weighted by molar-refractivity contribution is 7.21. The molecule has 4 heterocycles. The molecule has 0 saturated heterocycles. The zero-order valence-electron chi connectivity index (χ0n) is 20.7. The van der Waals surface area contributed by atoms with E-state index in [-0.39, 0.29) is 17.5 Å². The number of pyridine rings is 1. The number of thiophene rings is 1. The number of ether oxygens (including phenoxy) is 1. The van der Waals surface area contributed by atoms with E-state index in [0.717, 1.165) is 43.5 Å². The molecule has 1 atom stereocenters. The van der Waals surface area contributed by atoms with Crippen molar-refractivity contribution in [1.29, 1.82) is 0 Å². The minimum Gasteiger partial charge on any atom is -0.420 e. The predicted octanol–water partition coefficient (Wildman–Crippen LogP) is 5.20. The van der Waals surface area contributed by atoms with Crippen LogP contribution >= 0.6 is 11.3 Å². The van der Waals surface area contributed by atoms with E-state index in [1.807, 2.05) is 24.3 Å². The molecule has 0 unspecified atom stereocenters. The third-order valence-electron chi connectivity index (χ3n) is 6.56. The molecule has 0 spiro atoms. The van der Waals surface area contributed by atoms with E-state index in [9.17, 15) is 4.79 Å². The van der Waals surface area contributed by atoms with Gasteiger partial charge in [-0.1, -0.05) is 6.92 Å². The van der Waals surface area contributed by atoms with Crippen molar-refractivity contribution in [3.8, 4) is 11.8 Å². The van der Waals surface area contributed by atoms with Crippen molar-refractivity contribution in [3.05, 3.63) is 47.2 Å². The zero-order chi connectivity index (χ0) is 24.7. The molecule has 2 N–H and O–H groups in total. The van der Waals surface area contributed by atoms with Crippen molar-refractivity contribution in [2.45, 2.75) is 52.2 Å². The molecule has 8 nitrogen and oxygen atoms in total. The first kappa shape index (κ1) is 23.4. The molecule has 1 aliphatic heterocycles. The number of carbonyl (C=O) groups excluding carboxylic acids is 1. The third-order valence-corrected chi connectivity index (χ3v) is 7.71. The van der Waals surface area contributed by atoms with E-state index in [4.69, 9.17) is 9.72 Å². The molecular weight excluding hydrogens is 460 g/mol. The van der Waals surface area contributed by atoms with E-state index in [1.165, 1.54) is 17.7 Å². The van der Waals surface area contributed by atoms with Crippen LogP contribution in [0, 0.1) is 0 Å². The van der Waals surface area contributed by atoms with E-state index in [2.05, 4.69) is 60.2 Å². The highest BCUT2D eigenvalue weighted by Gasteiger charge is 2.26. The van der Waals surface area contributed by atoms with Crippen LogP contribution in [0.25, 0.3) is 21.0 Å². The molecule has 0 aliphatic carbocycles. The molecule has 35 heavy (non-hydrogen) atoms. The summed E-state index contributed by atoms with van der Waals surface area (Å²) in [6, 6.07) is 7.98. The molecule has 5 rings (SSSR count). The topological polar surface area (TPSA) is 92.3 Å². The van der Waals surface area contributed by atoms with Crippen LogP contribution in [0.3, 0.4) is 0 Å². The number of anilines is 1. The largest absolute Gasteiger partial charge is 0.420 e. The van der Waals surface area contributed by atoms with Crippen LogP contribution in [-0.2, 0) is 6.54 Å². The standard InChI is InChI=1S/C26H30N6O2S/c1-6-16-12-28-22-21-17-7-10-20(31-18(17)8-9-19(21)35-23(22)24(33)30-16)34-25-15(11-27-14-29-25)13-32(5)26(2,3)4/h7-11,14,16,28H,6,12-13H2,1-5H3,(H,30,33)/t16-/m1/s1. The van der Waals surface area contributed by atoms with Crippen LogP contribution in [-0.4, -0.2) is 50.9 Å². The van der Waals surface area contributed by atoms with Crippen molar-refractivity contribution in [3.63, 3.8) is 0 Å². The molecule has 1 aromatic carbocycles. The van der Waals surface area contributed by atoms with Gasteiger partial charge >= 0.3 is 0 Å². The lowest BCUT2D eigenvalue weighted by Crippen LogP contribution is -2.37. The van der Waals surface area contributed by atoms with Crippen LogP contribution in [0.1, 0.15) is 49.4 Å². The van der Waals surface area contributed by atoms with Crippen LogP contribution in [0.4, 0.5) is 5.69 Å². The van der Waals surface area contributed by atoms with Gasteiger partial charge in [0.25, 0.3) is 5.91 Å². The number of fused-ring (bicyclic) bond motifs is 5. The summed E-state index contributed by atoms with van der Waals surface area (Å²) < 4.78 is 7.19. The predicted molar refractivity (Wildman–Crippen MR) is 140 cm³/mol. The fourth-order valence-corrected chi connectivity index (χ4v) is 5.18. The van der Waals surface area contributed by atoms with Crippen LogP contribution in [0.15, 0.2) is 36.8 Å². The number of nitrogens with zero attached hydrogens (tertiary/aromatic N) is 4. The van der Waals surface area contributed by atoms with Crippen molar-refractivity contribution in [2.24, 2.45) is 0 Å². The van der Waals surface area contributed by atoms with Crippen LogP contribution in [0.2, 0.25) is 0 Å². The monoisotopic (exact) mass is 490 g/mol. The Balaban J connectivity index is 1.50. The summed E-state index contributed by atoms with van der Waals surface area (Å²) in [5.74, 6) is 0.946. The van der Waals surface area contributed by atoms with E-state index in [1.54, 1.807) is 6.20 Å². The highest BCUT2D eigenvalue weighted by Crippen LogP contribution is 2.41. The van der Waals surface area contributed by atoms with Gasteiger partial charge in [-0.05, 0) is 52.4 Å². The Bertz CT molecular complexity index is 1410. The molecule has 1 aliphatic rings. The number of hydrogen-bond donors (Lipinski definition) is 2. The second kappa shape index (κ2) is 9.05. The van der Waals surface area contributed by atoms with E-state index >= 15 is 0 Å². The molecule has 3 aromatic heterocycles. The number of hydrogen-bond acceptors (Lipinski definition) is 8. The third kappa shape index (κ3) is 4.53. The summed E-state index contributed by atoms with van der Waals surface area (Å²) in [5, 5.41) is 8.64. The summed E-state index contributed by atoms with van der Waals surface area (Å²) in [6.45, 7) is 9.92. The smallest absolute Gasteiger partial charge is 0.263 e. The van der Waals surface area contributed by atoms with Gasteiger partial charge in [-0.3, -0.25) is 9.69 Å². The van der Waals surface area contributed by atoms with Gasteiger partial charge in [0.2, 0.25) is 11.8 Å². The first-order valence-electron chi connectivity index (χ1n) is 11.8. The van der Waals surface area contributed by atoms with Gasteiger partial charge in [0.15, 0.2) is 0 Å². The molecule has 0 bridgehead atoms. The molecule has 0 fully saturated rings. The minimum absolute atomic E-state index is 0.000319. The Morgan fingerprint density at radius 3 is 2.83 bits per heavy atom. The lowest BCUT2D eigenvalue weighted by Gasteiger charge is -2.31. The maximum atomic E-state index is 12.8. The molecule has 182 valence electrons. The Morgan fingerprint density at radius 2 is 2.06 bits per heavy atom. The van der Waals surface area contributed by atoms with Gasteiger partial charge in [-0.15, -0.1) is 11.3 Å². The first-order chi connectivity index (χ1) is 16.7. The van der Waals surface area contributed by atoms with E-state index < -0.39 is 0 Å². The van der Waals surface area contributed by atoms with E-state index in [0.29, 0.717) is 24.8 Å². The zero-order valence-corrected chi connectivity index (χ0v) is 21.5. The summed E-state index contributed by atoms with van der Waals surface area (Å²) in [5.41, 5.74) is 2.59. The second-order valence-corrected chi connectivity index (χ2v) is 11.0. The van der Waals surface area contributed by atoms with Crippen LogP contribution in [0.5, 0.6) is 11.8 Å². The summed E-state index contributed by atoms with van der Waals surface area (Å²) in [7, 11) is 2.07. The SMILES string of the molecule is CC[C@@H]1CNc2c(sc3ccc4nc(Oc5ncncc5CN(C)C(C)(C)C)ccc4c23)C(=O)N1. The van der Waals surface area contributed by atoms with Gasteiger partial charge in [0, 0.05) is 58.0 Å². The van der Waals surface area contributed by atoms with Crippen molar-refractivity contribution in [1.82, 2.24) is 25.2 Å². The molecule has 9 heteroatoms. The Morgan fingerprint density at radius 1 is 1.23 bits per heavy atom. The molecule has 0 saturated carbocycles. The average molecular weight is 491 g/mol. The first-order valence-corrected chi connectivity index (χ1v) is 12.6. The number of aromatic nitrogens is 3. The van der Waals surface area contributed by atoms with Crippen LogP contribution < -0.4 is 15.4 Å². The Hall–Kier alpha value is -3.30. The molecule has 1 amide bonds. The highest BCUT2D eigenvalue weighted by atomic mass is 32.1. The lowest BCUT2D eigenvalue weighted by atomic mass is 10.1. The van der Waals surface area contributed by atoms with Gasteiger partial charge in [-0.2, -0.15) is 0 Å². The normalized spacial score (nSPS) is 16.2. The number of benzene rings is 1. The summed E-state index contributed by atoms with van der Waals surface area (Å²) >= 11 is 1.51. The van der Waals surface area contributed by atoms with Gasteiger partial charge in [-0.25, -0.2) is 15.0 Å². The summed E-state index contributed by atoms with van der Waals surface area (Å²) in [4.78, 5) is 29.1. The average Bonchev–Trinajstić information content (AvgIpc) is 3.13. The number of carbonyl (C=O) groups is 1. The molecular formula is C26H30N6O2S. The van der Waals surface area contributed by atoms with Gasteiger partial charge in [0.1, 0.15) is 11.2 Å². The maximum Gasteiger partial charge on any atom is 0.263 e. The quantitative estimate of drug-likeness (QED) is 0.397. The van der Waals surface area contributed by atoms with Crippen molar-refractivity contribution < 1.29 is 9.53 Å². The number of nitrogens with one attached hydrogen (secondary N) is 2. The van der Waals surface area contributed by atoms with Crippen molar-refractivity contribution >= 4 is 43.9 Å². The molecule has 4 aromatic rings. The fourth-order valence-electron chi connectivity index (χ4n) is 4.08. The maximum absolute atomic E-state index is 12.8. The summed E-state index contributed by atoms with van der Waals surface area (Å²) in [6.07, 6.45) is 4.16.